The third kappa shape index (κ3) is 3.17. The van der Waals surface area contributed by atoms with Crippen LogP contribution in [-0.2, 0) is 4.79 Å². The molecule has 3 atom stereocenters. The van der Waals surface area contributed by atoms with Crippen molar-refractivity contribution in [2.24, 2.45) is 0 Å². The third-order valence-corrected chi connectivity index (χ3v) is 5.18. The molecule has 2 rings (SSSR count). The lowest BCUT2D eigenvalue weighted by molar-refractivity contribution is -0.144. The lowest BCUT2D eigenvalue weighted by atomic mass is 9.93. The summed E-state index contributed by atoms with van der Waals surface area (Å²) >= 11 is 0. The van der Waals surface area contributed by atoms with Gasteiger partial charge in [0.2, 0.25) is 0 Å². The first-order valence-electron chi connectivity index (χ1n) is 8.37. The topological polar surface area (TPSA) is 52.6 Å². The van der Waals surface area contributed by atoms with Crippen molar-refractivity contribution in [2.45, 2.75) is 82.8 Å². The van der Waals surface area contributed by atoms with Crippen molar-refractivity contribution in [3.05, 3.63) is 0 Å². The molecule has 2 N–H and O–H groups in total. The van der Waals surface area contributed by atoms with Gasteiger partial charge >= 0.3 is 5.97 Å². The number of carboxylic acid groups (broad SMARTS) is 1. The quantitative estimate of drug-likeness (QED) is 0.786. The highest BCUT2D eigenvalue weighted by Gasteiger charge is 2.47. The molecule has 20 heavy (non-hydrogen) atoms. The summed E-state index contributed by atoms with van der Waals surface area (Å²) in [6.45, 7) is 6.15. The highest BCUT2D eigenvalue weighted by atomic mass is 16.4. The van der Waals surface area contributed by atoms with E-state index in [9.17, 15) is 9.90 Å². The molecule has 1 saturated heterocycles. The van der Waals surface area contributed by atoms with E-state index in [0.29, 0.717) is 12.1 Å². The number of likely N-dealkylation sites (N-methyl/N-ethyl adjacent to an activating group) is 1. The van der Waals surface area contributed by atoms with Crippen LogP contribution < -0.4 is 5.32 Å². The van der Waals surface area contributed by atoms with Gasteiger partial charge in [-0.15, -0.1) is 0 Å². The summed E-state index contributed by atoms with van der Waals surface area (Å²) in [5, 5.41) is 12.8. The molecule has 0 aromatic heterocycles. The van der Waals surface area contributed by atoms with Crippen LogP contribution >= 0.6 is 0 Å². The third-order valence-electron chi connectivity index (χ3n) is 5.18. The van der Waals surface area contributed by atoms with Crippen molar-refractivity contribution in [3.8, 4) is 0 Å². The first-order chi connectivity index (χ1) is 9.63. The van der Waals surface area contributed by atoms with Crippen LogP contribution in [0.1, 0.15) is 65.2 Å². The highest BCUT2D eigenvalue weighted by Crippen LogP contribution is 2.37. The number of aliphatic carboxylic acids is 1. The van der Waals surface area contributed by atoms with E-state index in [1.165, 1.54) is 32.1 Å². The average Bonchev–Trinajstić information content (AvgIpc) is 2.86. The van der Waals surface area contributed by atoms with E-state index in [-0.39, 0.29) is 0 Å². The Morgan fingerprint density at radius 3 is 2.80 bits per heavy atom. The second-order valence-corrected chi connectivity index (χ2v) is 6.49. The summed E-state index contributed by atoms with van der Waals surface area (Å²) in [5.74, 6) is -0.661. The Morgan fingerprint density at radius 1 is 1.35 bits per heavy atom. The van der Waals surface area contributed by atoms with Crippen molar-refractivity contribution in [1.29, 1.82) is 0 Å². The molecule has 1 heterocycles. The van der Waals surface area contributed by atoms with Crippen LogP contribution in [0.5, 0.6) is 0 Å². The fourth-order valence-corrected chi connectivity index (χ4v) is 4.22. The molecule has 3 unspecified atom stereocenters. The fourth-order valence-electron chi connectivity index (χ4n) is 4.22. The molecule has 2 aliphatic rings. The van der Waals surface area contributed by atoms with Crippen LogP contribution in [0.2, 0.25) is 0 Å². The highest BCUT2D eigenvalue weighted by molar-refractivity contribution is 5.79. The maximum absolute atomic E-state index is 11.7. The minimum atomic E-state index is -0.673. The maximum Gasteiger partial charge on any atom is 0.323 e. The number of carboxylic acids is 1. The number of carbonyl (C=O) groups is 1. The SMILES string of the molecule is CCCC1CCCCN1C1CCC(NCC)(C(=O)O)C1. The molecular formula is C16H30N2O2. The molecular weight excluding hydrogens is 252 g/mol. The normalized spacial score (nSPS) is 35.3. The summed E-state index contributed by atoms with van der Waals surface area (Å²) < 4.78 is 0. The van der Waals surface area contributed by atoms with Crippen molar-refractivity contribution in [1.82, 2.24) is 10.2 Å². The van der Waals surface area contributed by atoms with Gasteiger partial charge in [0.15, 0.2) is 0 Å². The van der Waals surface area contributed by atoms with Gasteiger partial charge < -0.3 is 10.4 Å². The van der Waals surface area contributed by atoms with Crippen LogP contribution in [0, 0.1) is 0 Å². The molecule has 1 aliphatic carbocycles. The van der Waals surface area contributed by atoms with Gasteiger partial charge in [0, 0.05) is 12.1 Å². The zero-order valence-corrected chi connectivity index (χ0v) is 13.0. The number of nitrogens with zero attached hydrogens (tertiary/aromatic N) is 1. The van der Waals surface area contributed by atoms with E-state index < -0.39 is 11.5 Å². The van der Waals surface area contributed by atoms with Gasteiger partial charge in [0.1, 0.15) is 5.54 Å². The molecule has 116 valence electrons. The van der Waals surface area contributed by atoms with E-state index >= 15 is 0 Å². The maximum atomic E-state index is 11.7. The second kappa shape index (κ2) is 6.90. The van der Waals surface area contributed by atoms with E-state index in [2.05, 4.69) is 17.1 Å². The Kier molecular flexibility index (Phi) is 5.44. The average molecular weight is 282 g/mol. The standard InChI is InChI=1S/C16H30N2O2/c1-3-7-13-8-5-6-11-18(13)14-9-10-16(12-14,15(19)20)17-4-2/h13-14,17H,3-12H2,1-2H3,(H,19,20). The van der Waals surface area contributed by atoms with Gasteiger partial charge in [0.25, 0.3) is 0 Å². The Labute approximate surface area is 122 Å². The summed E-state index contributed by atoms with van der Waals surface area (Å²) in [5.41, 5.74) is -0.673. The number of likely N-dealkylation sites (tertiary alicyclic amines) is 1. The van der Waals surface area contributed by atoms with Crippen molar-refractivity contribution in [3.63, 3.8) is 0 Å². The van der Waals surface area contributed by atoms with Crippen molar-refractivity contribution in [2.75, 3.05) is 13.1 Å². The zero-order chi connectivity index (χ0) is 14.6. The van der Waals surface area contributed by atoms with Crippen LogP contribution in [-0.4, -0.2) is 46.7 Å². The molecule has 2 fully saturated rings. The second-order valence-electron chi connectivity index (χ2n) is 6.49. The van der Waals surface area contributed by atoms with E-state index in [4.69, 9.17) is 0 Å². The number of nitrogens with one attached hydrogen (secondary N) is 1. The lowest BCUT2D eigenvalue weighted by Gasteiger charge is -2.40. The van der Waals surface area contributed by atoms with E-state index in [1.807, 2.05) is 6.92 Å². The molecule has 0 bridgehead atoms. The van der Waals surface area contributed by atoms with Gasteiger partial charge in [0.05, 0.1) is 0 Å². The summed E-state index contributed by atoms with van der Waals surface area (Å²) in [6.07, 6.45) is 8.98. The number of hydrogen-bond donors (Lipinski definition) is 2. The Bertz CT molecular complexity index is 332. The van der Waals surface area contributed by atoms with Gasteiger partial charge in [-0.1, -0.05) is 26.7 Å². The monoisotopic (exact) mass is 282 g/mol. The fraction of sp³-hybridized carbons (Fsp3) is 0.938. The molecule has 0 spiro atoms. The van der Waals surface area contributed by atoms with Crippen LogP contribution in [0.15, 0.2) is 0 Å². The van der Waals surface area contributed by atoms with Crippen molar-refractivity contribution >= 4 is 5.97 Å². The zero-order valence-electron chi connectivity index (χ0n) is 13.0. The molecule has 0 amide bonds. The van der Waals surface area contributed by atoms with Gasteiger partial charge in [-0.3, -0.25) is 9.69 Å². The Morgan fingerprint density at radius 2 is 2.15 bits per heavy atom. The molecule has 0 radical (unpaired) electrons. The number of rotatable bonds is 6. The summed E-state index contributed by atoms with van der Waals surface area (Å²) in [6, 6.07) is 1.15. The van der Waals surface area contributed by atoms with E-state index in [0.717, 1.165) is 32.4 Å². The first-order valence-corrected chi connectivity index (χ1v) is 8.37. The predicted molar refractivity (Wildman–Crippen MR) is 80.9 cm³/mol. The van der Waals surface area contributed by atoms with Crippen LogP contribution in [0.3, 0.4) is 0 Å². The van der Waals surface area contributed by atoms with Crippen molar-refractivity contribution < 1.29 is 9.90 Å². The number of piperidine rings is 1. The predicted octanol–water partition coefficient (Wildman–Crippen LogP) is 2.63. The van der Waals surface area contributed by atoms with E-state index in [1.54, 1.807) is 0 Å². The Hall–Kier alpha value is -0.610. The van der Waals surface area contributed by atoms with Crippen LogP contribution in [0.25, 0.3) is 0 Å². The minimum Gasteiger partial charge on any atom is -0.480 e. The summed E-state index contributed by atoms with van der Waals surface area (Å²) in [4.78, 5) is 14.3. The minimum absolute atomic E-state index is 0.460. The summed E-state index contributed by atoms with van der Waals surface area (Å²) in [7, 11) is 0. The van der Waals surface area contributed by atoms with Gasteiger partial charge in [-0.25, -0.2) is 0 Å². The molecule has 1 saturated carbocycles. The molecule has 1 aliphatic heterocycles. The van der Waals surface area contributed by atoms with Gasteiger partial charge in [-0.2, -0.15) is 0 Å². The molecule has 4 heteroatoms. The Balaban J connectivity index is 2.04. The molecule has 4 nitrogen and oxygen atoms in total. The largest absolute Gasteiger partial charge is 0.480 e. The smallest absolute Gasteiger partial charge is 0.323 e. The van der Waals surface area contributed by atoms with Gasteiger partial charge in [-0.05, 0) is 51.6 Å². The molecule has 0 aromatic carbocycles. The lowest BCUT2D eigenvalue weighted by Crippen LogP contribution is -2.52. The number of hydrogen-bond acceptors (Lipinski definition) is 3. The van der Waals surface area contributed by atoms with Crippen LogP contribution in [0.4, 0.5) is 0 Å². The first kappa shape index (κ1) is 15.8. The molecule has 0 aromatic rings.